The van der Waals surface area contributed by atoms with E-state index >= 15 is 0 Å². The molecule has 0 aliphatic carbocycles. The fraction of sp³-hybridized carbons (Fsp3) is 0.385. The Morgan fingerprint density at radius 3 is 2.90 bits per heavy atom. The number of carbonyl (C=O) groups is 2. The van der Waals surface area contributed by atoms with Gasteiger partial charge in [0.15, 0.2) is 0 Å². The minimum Gasteiger partial charge on any atom is -0.467 e. The molecule has 1 N–H and O–H groups in total. The molecular weight excluding hydrogens is 278 g/mol. The van der Waals surface area contributed by atoms with Crippen molar-refractivity contribution in [2.45, 2.75) is 18.9 Å². The Morgan fingerprint density at radius 1 is 1.48 bits per heavy atom. The van der Waals surface area contributed by atoms with Crippen molar-refractivity contribution < 1.29 is 19.2 Å². The molecule has 1 saturated heterocycles. The maximum Gasteiger partial charge on any atom is 0.328 e. The summed E-state index contributed by atoms with van der Waals surface area (Å²) in [6.45, 7) is 0.445. The van der Waals surface area contributed by atoms with Crippen LogP contribution in [0.2, 0.25) is 0 Å². The highest BCUT2D eigenvalue weighted by Gasteiger charge is 2.34. The zero-order chi connectivity index (χ0) is 15.4. The molecule has 0 radical (unpaired) electrons. The van der Waals surface area contributed by atoms with Gasteiger partial charge in [-0.15, -0.1) is 0 Å². The quantitative estimate of drug-likeness (QED) is 0.520. The molecule has 1 aliphatic heterocycles. The normalized spacial score (nSPS) is 17.4. The monoisotopic (exact) mass is 293 g/mol. The highest BCUT2D eigenvalue weighted by atomic mass is 16.6. The van der Waals surface area contributed by atoms with E-state index in [2.05, 4.69) is 10.1 Å². The number of carbonyl (C=O) groups excluding carboxylic acids is 2. The number of esters is 1. The number of nitro groups is 1. The summed E-state index contributed by atoms with van der Waals surface area (Å²) < 4.78 is 4.67. The Labute approximate surface area is 120 Å². The number of methoxy groups -OCH3 is 1. The van der Waals surface area contributed by atoms with Crippen LogP contribution in [-0.4, -0.2) is 41.5 Å². The molecule has 112 valence electrons. The SMILES string of the molecule is COC(=O)C1CCCN1C(=O)Nc1cccc([N+](=O)[O-])c1. The number of urea groups is 1. The summed E-state index contributed by atoms with van der Waals surface area (Å²) in [5.74, 6) is -0.457. The number of nitrogens with one attached hydrogen (secondary N) is 1. The summed E-state index contributed by atoms with van der Waals surface area (Å²) in [7, 11) is 1.28. The van der Waals surface area contributed by atoms with E-state index < -0.39 is 23.0 Å². The van der Waals surface area contributed by atoms with Gasteiger partial charge in [-0.3, -0.25) is 10.1 Å². The van der Waals surface area contributed by atoms with Gasteiger partial charge in [-0.1, -0.05) is 6.07 Å². The lowest BCUT2D eigenvalue weighted by atomic mass is 10.2. The summed E-state index contributed by atoms with van der Waals surface area (Å²) >= 11 is 0. The van der Waals surface area contributed by atoms with Gasteiger partial charge < -0.3 is 15.0 Å². The number of nitrogens with zero attached hydrogens (tertiary/aromatic N) is 2. The third-order valence-corrected chi connectivity index (χ3v) is 3.30. The van der Waals surface area contributed by atoms with Gasteiger partial charge in [0.25, 0.3) is 5.69 Å². The van der Waals surface area contributed by atoms with Crippen molar-refractivity contribution in [3.63, 3.8) is 0 Å². The molecule has 1 aliphatic rings. The summed E-state index contributed by atoms with van der Waals surface area (Å²) in [4.78, 5) is 35.3. The third kappa shape index (κ3) is 3.28. The molecule has 0 aromatic heterocycles. The molecule has 1 unspecified atom stereocenters. The molecule has 1 aromatic carbocycles. The molecule has 21 heavy (non-hydrogen) atoms. The van der Waals surface area contributed by atoms with Gasteiger partial charge in [-0.2, -0.15) is 0 Å². The lowest BCUT2D eigenvalue weighted by Gasteiger charge is -2.22. The van der Waals surface area contributed by atoms with Crippen LogP contribution in [-0.2, 0) is 9.53 Å². The topological polar surface area (TPSA) is 102 Å². The van der Waals surface area contributed by atoms with Crippen molar-refractivity contribution in [2.75, 3.05) is 19.0 Å². The van der Waals surface area contributed by atoms with Crippen molar-refractivity contribution in [1.82, 2.24) is 4.90 Å². The average molecular weight is 293 g/mol. The molecule has 2 rings (SSSR count). The number of amides is 2. The molecule has 0 bridgehead atoms. The predicted molar refractivity (Wildman–Crippen MR) is 73.9 cm³/mol. The van der Waals surface area contributed by atoms with Crippen LogP contribution in [0.4, 0.5) is 16.2 Å². The number of likely N-dealkylation sites (tertiary alicyclic amines) is 1. The van der Waals surface area contributed by atoms with Gasteiger partial charge in [0.05, 0.1) is 12.0 Å². The van der Waals surface area contributed by atoms with Crippen LogP contribution < -0.4 is 5.32 Å². The van der Waals surface area contributed by atoms with Crippen LogP contribution in [0.1, 0.15) is 12.8 Å². The highest BCUT2D eigenvalue weighted by molar-refractivity contribution is 5.93. The van der Waals surface area contributed by atoms with Crippen molar-refractivity contribution in [3.05, 3.63) is 34.4 Å². The first kappa shape index (κ1) is 14.8. The number of benzene rings is 1. The number of anilines is 1. The molecule has 8 heteroatoms. The second-order valence-corrected chi connectivity index (χ2v) is 4.61. The van der Waals surface area contributed by atoms with E-state index in [0.717, 1.165) is 0 Å². The molecule has 1 heterocycles. The molecule has 1 aromatic rings. The molecule has 0 spiro atoms. The largest absolute Gasteiger partial charge is 0.467 e. The minimum absolute atomic E-state index is 0.112. The number of nitro benzene ring substituents is 1. The third-order valence-electron chi connectivity index (χ3n) is 3.30. The molecule has 1 fully saturated rings. The van der Waals surface area contributed by atoms with Gasteiger partial charge in [0.1, 0.15) is 6.04 Å². The Morgan fingerprint density at radius 2 is 2.24 bits per heavy atom. The van der Waals surface area contributed by atoms with Gasteiger partial charge in [-0.05, 0) is 18.9 Å². The second kappa shape index (κ2) is 6.21. The van der Waals surface area contributed by atoms with Crippen LogP contribution >= 0.6 is 0 Å². The van der Waals surface area contributed by atoms with Crippen molar-refractivity contribution in [2.24, 2.45) is 0 Å². The van der Waals surface area contributed by atoms with E-state index in [0.29, 0.717) is 25.1 Å². The summed E-state index contributed by atoms with van der Waals surface area (Å²) in [5, 5.41) is 13.3. The summed E-state index contributed by atoms with van der Waals surface area (Å²) in [6.07, 6.45) is 1.26. The smallest absolute Gasteiger partial charge is 0.328 e. The van der Waals surface area contributed by atoms with Crippen molar-refractivity contribution >= 4 is 23.4 Å². The Bertz CT molecular complexity index is 575. The Hall–Kier alpha value is -2.64. The fourth-order valence-electron chi connectivity index (χ4n) is 2.28. The van der Waals surface area contributed by atoms with Crippen LogP contribution in [0.15, 0.2) is 24.3 Å². The number of rotatable bonds is 3. The van der Waals surface area contributed by atoms with Gasteiger partial charge >= 0.3 is 12.0 Å². The van der Waals surface area contributed by atoms with Gasteiger partial charge in [0.2, 0.25) is 0 Å². The number of ether oxygens (including phenoxy) is 1. The van der Waals surface area contributed by atoms with E-state index in [1.54, 1.807) is 6.07 Å². The minimum atomic E-state index is -0.603. The summed E-state index contributed by atoms with van der Waals surface area (Å²) in [6, 6.07) is 4.56. The average Bonchev–Trinajstić information content (AvgIpc) is 2.96. The van der Waals surface area contributed by atoms with Crippen LogP contribution in [0.25, 0.3) is 0 Å². The Balaban J connectivity index is 2.09. The molecule has 8 nitrogen and oxygen atoms in total. The van der Waals surface area contributed by atoms with Crippen LogP contribution in [0, 0.1) is 10.1 Å². The standard InChI is InChI=1S/C13H15N3O5/c1-21-12(17)11-6-3-7-15(11)13(18)14-9-4-2-5-10(8-9)16(19)20/h2,4-5,8,11H,3,6-7H2,1H3,(H,14,18). The van der Waals surface area contributed by atoms with Crippen molar-refractivity contribution in [3.8, 4) is 0 Å². The lowest BCUT2D eigenvalue weighted by molar-refractivity contribution is -0.384. The van der Waals surface area contributed by atoms with E-state index in [4.69, 9.17) is 0 Å². The molecule has 1 atom stereocenters. The predicted octanol–water partition coefficient (Wildman–Crippen LogP) is 1.76. The first-order valence-corrected chi connectivity index (χ1v) is 6.43. The van der Waals surface area contributed by atoms with Crippen molar-refractivity contribution in [1.29, 1.82) is 0 Å². The first-order chi connectivity index (χ1) is 10.0. The fourth-order valence-corrected chi connectivity index (χ4v) is 2.28. The molecule has 2 amide bonds. The van der Waals surface area contributed by atoms with E-state index in [-0.39, 0.29) is 5.69 Å². The maximum absolute atomic E-state index is 12.2. The molecule has 0 saturated carbocycles. The highest BCUT2D eigenvalue weighted by Crippen LogP contribution is 2.21. The second-order valence-electron chi connectivity index (χ2n) is 4.61. The number of hydrogen-bond acceptors (Lipinski definition) is 5. The maximum atomic E-state index is 12.2. The zero-order valence-corrected chi connectivity index (χ0v) is 11.4. The van der Waals surface area contributed by atoms with E-state index in [1.165, 1.54) is 30.2 Å². The lowest BCUT2D eigenvalue weighted by Crippen LogP contribution is -2.43. The van der Waals surface area contributed by atoms with Crippen LogP contribution in [0.5, 0.6) is 0 Å². The summed E-state index contributed by atoms with van der Waals surface area (Å²) in [5.41, 5.74) is 0.198. The Kier molecular flexibility index (Phi) is 4.36. The van der Waals surface area contributed by atoms with E-state index in [9.17, 15) is 19.7 Å². The zero-order valence-electron chi connectivity index (χ0n) is 11.4. The molecular formula is C13H15N3O5. The van der Waals surface area contributed by atoms with Gasteiger partial charge in [-0.25, -0.2) is 9.59 Å². The number of hydrogen-bond donors (Lipinski definition) is 1. The first-order valence-electron chi connectivity index (χ1n) is 6.43. The number of non-ortho nitro benzene ring substituents is 1. The van der Waals surface area contributed by atoms with Crippen LogP contribution in [0.3, 0.4) is 0 Å². The van der Waals surface area contributed by atoms with E-state index in [1.807, 2.05) is 0 Å². The van der Waals surface area contributed by atoms with Gasteiger partial charge in [0, 0.05) is 24.4 Å².